The Kier molecular flexibility index (Phi) is 27.3. The van der Waals surface area contributed by atoms with Gasteiger partial charge in [-0.15, -0.1) is 0 Å². The first-order valence-corrected chi connectivity index (χ1v) is 39.9. The number of halogens is 4. The van der Waals surface area contributed by atoms with E-state index in [1.807, 2.05) is 0 Å². The number of likely N-dealkylation sites (N-methyl/N-ethyl adjacent to an activating group) is 1. The Bertz CT molecular complexity index is 5200. The molecule has 22 N–H and O–H groups in total. The van der Waals surface area contributed by atoms with E-state index < -0.39 is 299 Å². The van der Waals surface area contributed by atoms with Gasteiger partial charge < -0.3 is 147 Å². The summed E-state index contributed by atoms with van der Waals surface area (Å²) in [5, 5.41) is 179. The molecule has 7 aromatic carbocycles. The largest absolute Gasteiger partial charge is 0.508 e. The number of unbranched alkanes of at least 4 members (excludes halogenated alkanes) is 6. The summed E-state index contributed by atoms with van der Waals surface area (Å²) in [4.78, 5) is 123. The van der Waals surface area contributed by atoms with Gasteiger partial charge in [0.25, 0.3) is 0 Å². The summed E-state index contributed by atoms with van der Waals surface area (Å²) in [5.74, 6) is -19.4. The summed E-state index contributed by atoms with van der Waals surface area (Å²) >= 11 is 28.6. The standard InChI is InChI=1S/C81H84Cl4N8O29/c1-3-4-5-6-7-8-9-10-53(100)87-63-68(105)66(103)51(28-94)120-80(63)122-72-49-22-33-23-50(72)118-71-41(83)19-34(20-42(71)84)65(102)62-78(113)91-60(79(114)115)38-24-35(96)25-48(119-81-70(107)69(106)67(104)52(29-95)121-81)54(38)37-17-30(11-14-43(37)97)57(74(109)93-62)88-75(110)58(33)89-76(111)59-39-26-36(27-45(99)55(39)85)116-47-21-31(12-15-44(47)98)56(86-2)73(108)92-61(77(112)90-59)64(101)32-13-16-46(117-49)40(82)18-32/h11-27,51-52,56-70,80-81,86,94-99,101-107H,3-10,28-29H2,1-2H3,(H,87,100)(H,88,110)(H,89,111)(H,90,112)(H,91,113)(H,92,108)(H,93,109)(H,114,115)/t51-,52-,56+,57+,58-,59+,60-,61-,62-,63-,64+,65-,66-,67+,68-,69-,70+,80+,81+/m0/s1. The van der Waals surface area contributed by atoms with Gasteiger partial charge in [0.15, 0.2) is 34.8 Å². The number of amides is 7. The first kappa shape index (κ1) is 89.0. The van der Waals surface area contributed by atoms with Crippen LogP contribution in [0.5, 0.6) is 69.0 Å². The van der Waals surface area contributed by atoms with E-state index in [1.165, 1.54) is 25.2 Å². The molecule has 17 bridgehead atoms. The fourth-order valence-electron chi connectivity index (χ4n) is 15.0. The maximum atomic E-state index is 16.7. The molecule has 2 fully saturated rings. The van der Waals surface area contributed by atoms with Crippen molar-refractivity contribution >= 4 is 93.7 Å². The second kappa shape index (κ2) is 37.5. The summed E-state index contributed by atoms with van der Waals surface area (Å²) < 4.78 is 44.2. The number of nitrogens with one attached hydrogen (secondary N) is 8. The van der Waals surface area contributed by atoms with Crippen LogP contribution in [0.2, 0.25) is 20.1 Å². The molecular formula is C81H84Cl4N8O29. The van der Waals surface area contributed by atoms with Crippen molar-refractivity contribution in [2.75, 3.05) is 20.3 Å². The Morgan fingerprint density at radius 2 is 1.05 bits per heavy atom. The summed E-state index contributed by atoms with van der Waals surface area (Å²) in [6, 6.07) is -0.561. The van der Waals surface area contributed by atoms with E-state index in [0.29, 0.717) is 12.8 Å². The van der Waals surface area contributed by atoms with Crippen LogP contribution >= 0.6 is 46.4 Å². The van der Waals surface area contributed by atoms with Crippen molar-refractivity contribution in [3.63, 3.8) is 0 Å². The molecule has 0 saturated carbocycles. The van der Waals surface area contributed by atoms with Crippen LogP contribution in [0.1, 0.15) is 140 Å². The number of ether oxygens (including phenoxy) is 7. The highest BCUT2D eigenvalue weighted by molar-refractivity contribution is 6.37. The van der Waals surface area contributed by atoms with Crippen molar-refractivity contribution in [3.8, 4) is 80.1 Å². The third kappa shape index (κ3) is 18.4. The number of carbonyl (C=O) groups excluding carboxylic acids is 7. The normalized spacial score (nSPS) is 27.1. The van der Waals surface area contributed by atoms with Gasteiger partial charge in [-0.05, 0) is 114 Å². The molecule has 0 aliphatic carbocycles. The third-order valence-electron chi connectivity index (χ3n) is 21.5. The molecule has 8 aliphatic heterocycles. The molecule has 19 atom stereocenters. The number of aromatic hydroxyl groups is 4. The number of aliphatic carboxylic acids is 1. The van der Waals surface area contributed by atoms with Gasteiger partial charge in [0.05, 0.1) is 33.3 Å². The number of carboxylic acid groups (broad SMARTS) is 1. The van der Waals surface area contributed by atoms with Crippen LogP contribution in [-0.2, 0) is 47.8 Å². The first-order valence-electron chi connectivity index (χ1n) is 38.4. The fourth-order valence-corrected chi connectivity index (χ4v) is 16.1. The van der Waals surface area contributed by atoms with Gasteiger partial charge in [-0.2, -0.15) is 0 Å². The van der Waals surface area contributed by atoms with E-state index >= 15 is 24.0 Å². The smallest absolute Gasteiger partial charge is 0.330 e. The van der Waals surface area contributed by atoms with Gasteiger partial charge in [-0.3, -0.25) is 33.6 Å². The lowest BCUT2D eigenvalue weighted by molar-refractivity contribution is -0.277. The Balaban J connectivity index is 1.07. The second-order valence-corrected chi connectivity index (χ2v) is 31.3. The van der Waals surface area contributed by atoms with Gasteiger partial charge in [0, 0.05) is 40.8 Å². The van der Waals surface area contributed by atoms with Gasteiger partial charge in [-0.1, -0.05) is 110 Å². The maximum absolute atomic E-state index is 16.7. The monoisotopic (exact) mass is 1770 g/mol. The molecule has 37 nitrogen and oxygen atoms in total. The van der Waals surface area contributed by atoms with Crippen LogP contribution in [0, 0.1) is 0 Å². The predicted molar refractivity (Wildman–Crippen MR) is 425 cm³/mol. The van der Waals surface area contributed by atoms with Crippen LogP contribution in [0.3, 0.4) is 0 Å². The zero-order valence-corrected chi connectivity index (χ0v) is 67.3. The Hall–Kier alpha value is -10.8. The summed E-state index contributed by atoms with van der Waals surface area (Å²) in [7, 11) is 1.35. The molecule has 8 aliphatic rings. The van der Waals surface area contributed by atoms with Gasteiger partial charge in [-0.25, -0.2) is 4.79 Å². The lowest BCUT2D eigenvalue weighted by atomic mass is 9.89. The molecule has 41 heteroatoms. The van der Waals surface area contributed by atoms with Gasteiger partial charge in [0.1, 0.15) is 132 Å². The maximum Gasteiger partial charge on any atom is 0.330 e. The van der Waals surface area contributed by atoms with Crippen molar-refractivity contribution in [1.29, 1.82) is 0 Å². The SMILES string of the molecule is CCCCCCCCCC(=O)N[C@@H]1[C@@H](Oc2c3cc4cc2Oc2c(Cl)cc(cc2Cl)[C@H](O)[C@@H]2NC(=O)[C@H](NC(=O)[C@H]4NC(=O)[C@@H]4NC(=O)[C@@H](NC(=O)[C@H](NC)c5ccc(O)c(c5)Oc5cc(O)c(Cl)c4c5)[C@H](O)c4ccc(c(Cl)c4)O3)c3ccc(O)c(c3)-c3c(O[C@@H]4O[C@@H](CO)[C@@H](O)[C@H](O)[C@H]4O)cc(O)cc3[C@@H](C(=O)O)NC2=O)O[C@@H](CO)[C@H](O)[C@H]1O. The number of phenols is 4. The molecule has 0 aromatic heterocycles. The zero-order chi connectivity index (χ0) is 87.7. The van der Waals surface area contributed by atoms with Crippen molar-refractivity contribution in [3.05, 3.63) is 162 Å². The Labute approximate surface area is 712 Å². The van der Waals surface area contributed by atoms with Gasteiger partial charge in [0.2, 0.25) is 59.7 Å². The van der Waals surface area contributed by atoms with Crippen molar-refractivity contribution in [2.24, 2.45) is 0 Å². The van der Waals surface area contributed by atoms with Crippen LogP contribution in [0.15, 0.2) is 103 Å². The minimum atomic E-state index is -2.54. The summed E-state index contributed by atoms with van der Waals surface area (Å²) in [6.07, 6.45) is -17.1. The average molecular weight is 1780 g/mol. The first-order chi connectivity index (χ1) is 58.2. The highest BCUT2D eigenvalue weighted by atomic mass is 35.5. The molecule has 7 amide bonds. The molecule has 2 saturated heterocycles. The van der Waals surface area contributed by atoms with Gasteiger partial charge >= 0.3 is 5.97 Å². The number of hydrogen-bond acceptors (Lipinski definition) is 29. The van der Waals surface area contributed by atoms with Crippen LogP contribution in [0.4, 0.5) is 0 Å². The molecular weight excluding hydrogens is 1690 g/mol. The minimum absolute atomic E-state index is 0.0860. The van der Waals surface area contributed by atoms with Crippen LogP contribution in [-0.4, -0.2) is 213 Å². The number of aliphatic hydroxyl groups excluding tert-OH is 9. The Morgan fingerprint density at radius 3 is 1.71 bits per heavy atom. The third-order valence-corrected chi connectivity index (χ3v) is 22.8. The van der Waals surface area contributed by atoms with E-state index in [9.17, 15) is 85.9 Å². The molecule has 7 aromatic rings. The number of rotatable bonds is 17. The highest BCUT2D eigenvalue weighted by Gasteiger charge is 2.50. The number of hydrogen-bond donors (Lipinski definition) is 22. The Morgan fingerprint density at radius 1 is 0.484 bits per heavy atom. The molecule has 15 rings (SSSR count). The average Bonchev–Trinajstić information content (AvgIpc) is 0.758. The van der Waals surface area contributed by atoms with Crippen molar-refractivity contribution < 1.29 is 143 Å². The van der Waals surface area contributed by atoms with Crippen LogP contribution in [0.25, 0.3) is 11.1 Å². The van der Waals surface area contributed by atoms with E-state index in [-0.39, 0.29) is 23.3 Å². The zero-order valence-electron chi connectivity index (χ0n) is 64.3. The van der Waals surface area contributed by atoms with E-state index in [1.54, 1.807) is 0 Å². The van der Waals surface area contributed by atoms with Crippen LogP contribution < -0.4 is 66.2 Å². The summed E-state index contributed by atoms with van der Waals surface area (Å²) in [5.41, 5.74) is -4.31. The predicted octanol–water partition coefficient (Wildman–Crippen LogP) is 4.25. The van der Waals surface area contributed by atoms with E-state index in [2.05, 4.69) is 49.5 Å². The lowest BCUT2D eigenvalue weighted by Gasteiger charge is -2.42. The topological polar surface area (TPSA) is 581 Å². The number of phenolic OH excluding ortho intramolecular Hbond substituents is 4. The quantitative estimate of drug-likeness (QED) is 0.0566. The fraction of sp³-hybridized carbons (Fsp3) is 0.383. The molecule has 0 unspecified atom stereocenters. The molecule has 0 spiro atoms. The number of aliphatic hydroxyl groups is 9. The number of benzene rings is 7. The number of carboxylic acids is 1. The highest BCUT2D eigenvalue weighted by Crippen LogP contribution is 2.52. The molecule has 0 radical (unpaired) electrons. The second-order valence-electron chi connectivity index (χ2n) is 29.7. The van der Waals surface area contributed by atoms with E-state index in [0.717, 1.165) is 117 Å². The van der Waals surface area contributed by atoms with E-state index in [4.69, 9.17) is 79.6 Å². The molecule has 122 heavy (non-hydrogen) atoms. The minimum Gasteiger partial charge on any atom is -0.508 e. The number of fused-ring (bicyclic) bond motifs is 14. The molecule has 8 heterocycles. The number of carbonyl (C=O) groups is 8. The molecule has 650 valence electrons. The lowest BCUT2D eigenvalue weighted by Crippen LogP contribution is -2.65. The van der Waals surface area contributed by atoms with Crippen molar-refractivity contribution in [1.82, 2.24) is 42.5 Å². The van der Waals surface area contributed by atoms with Crippen molar-refractivity contribution in [2.45, 2.75) is 174 Å². The summed E-state index contributed by atoms with van der Waals surface area (Å²) in [6.45, 7) is 0.0467.